The van der Waals surface area contributed by atoms with Crippen LogP contribution < -0.4 is 4.90 Å². The maximum atomic E-state index is 11.0. The Balaban J connectivity index is 3.12. The van der Waals surface area contributed by atoms with E-state index in [4.69, 9.17) is 5.11 Å². The van der Waals surface area contributed by atoms with Crippen molar-refractivity contribution in [1.82, 2.24) is 4.98 Å². The van der Waals surface area contributed by atoms with Crippen LogP contribution in [0.5, 0.6) is 0 Å². The first-order chi connectivity index (χ1) is 8.12. The minimum Gasteiger partial charge on any atom is -0.478 e. The number of aromatic carboxylic acids is 1. The average Bonchev–Trinajstić information content (AvgIpc) is 2.35. The summed E-state index contributed by atoms with van der Waals surface area (Å²) in [5.74, 6) is -0.123. The number of rotatable bonds is 6. The molecule has 0 saturated heterocycles. The molecule has 0 saturated carbocycles. The van der Waals surface area contributed by atoms with Crippen LogP contribution in [0.1, 0.15) is 43.2 Å². The van der Waals surface area contributed by atoms with Crippen LogP contribution in [0.25, 0.3) is 0 Å². The molecule has 4 nitrogen and oxygen atoms in total. The van der Waals surface area contributed by atoms with E-state index in [0.717, 1.165) is 37.4 Å². The molecule has 0 radical (unpaired) electrons. The van der Waals surface area contributed by atoms with Gasteiger partial charge in [-0.2, -0.15) is 0 Å². The van der Waals surface area contributed by atoms with Gasteiger partial charge in [-0.25, -0.2) is 9.78 Å². The third-order valence-corrected chi connectivity index (χ3v) is 2.67. The molecule has 17 heavy (non-hydrogen) atoms. The van der Waals surface area contributed by atoms with Crippen LogP contribution in [-0.2, 0) is 6.42 Å². The number of pyridine rings is 1. The largest absolute Gasteiger partial charge is 0.478 e. The van der Waals surface area contributed by atoms with Crippen molar-refractivity contribution in [2.45, 2.75) is 33.6 Å². The molecule has 94 valence electrons. The van der Waals surface area contributed by atoms with E-state index in [1.54, 1.807) is 12.1 Å². The van der Waals surface area contributed by atoms with Crippen LogP contribution in [0.3, 0.4) is 0 Å². The summed E-state index contributed by atoms with van der Waals surface area (Å²) in [7, 11) is 0. The molecule has 0 aromatic carbocycles. The summed E-state index contributed by atoms with van der Waals surface area (Å²) in [6.45, 7) is 7.87. The summed E-state index contributed by atoms with van der Waals surface area (Å²) < 4.78 is 0. The van der Waals surface area contributed by atoms with Crippen LogP contribution in [0.15, 0.2) is 12.1 Å². The number of hydrogen-bond donors (Lipinski definition) is 1. The number of carboxylic acid groups (broad SMARTS) is 1. The van der Waals surface area contributed by atoms with E-state index in [1.165, 1.54) is 0 Å². The van der Waals surface area contributed by atoms with Crippen molar-refractivity contribution in [3.63, 3.8) is 0 Å². The lowest BCUT2D eigenvalue weighted by Gasteiger charge is -2.22. The molecule has 1 aromatic rings. The SMILES string of the molecule is CCCN(CC)c1cc(C(=O)O)cc(CC)n1. The van der Waals surface area contributed by atoms with Crippen LogP contribution in [0.4, 0.5) is 5.82 Å². The molecule has 0 fully saturated rings. The Bertz CT molecular complexity index is 391. The molecule has 1 rings (SSSR count). The van der Waals surface area contributed by atoms with Gasteiger partial charge in [0.15, 0.2) is 0 Å². The average molecular weight is 236 g/mol. The molecule has 1 aromatic heterocycles. The summed E-state index contributed by atoms with van der Waals surface area (Å²) in [4.78, 5) is 17.6. The summed E-state index contributed by atoms with van der Waals surface area (Å²) in [5, 5.41) is 9.07. The molecule has 0 bridgehead atoms. The van der Waals surface area contributed by atoms with E-state index in [1.807, 2.05) is 6.92 Å². The van der Waals surface area contributed by atoms with Crippen molar-refractivity contribution < 1.29 is 9.90 Å². The van der Waals surface area contributed by atoms with Gasteiger partial charge < -0.3 is 10.0 Å². The minimum absolute atomic E-state index is 0.321. The second kappa shape index (κ2) is 6.23. The highest BCUT2D eigenvalue weighted by atomic mass is 16.4. The van der Waals surface area contributed by atoms with E-state index in [9.17, 15) is 4.79 Å². The minimum atomic E-state index is -0.893. The number of hydrogen-bond acceptors (Lipinski definition) is 3. The zero-order valence-electron chi connectivity index (χ0n) is 10.7. The normalized spacial score (nSPS) is 10.3. The van der Waals surface area contributed by atoms with E-state index >= 15 is 0 Å². The van der Waals surface area contributed by atoms with E-state index in [-0.39, 0.29) is 0 Å². The molecule has 4 heteroatoms. The number of aryl methyl sites for hydroxylation is 1. The lowest BCUT2D eigenvalue weighted by atomic mass is 10.2. The van der Waals surface area contributed by atoms with Gasteiger partial charge in [-0.15, -0.1) is 0 Å². The summed E-state index contributed by atoms with van der Waals surface area (Å²) >= 11 is 0. The van der Waals surface area contributed by atoms with Crippen LogP contribution in [0, 0.1) is 0 Å². The Labute approximate surface area is 102 Å². The number of aromatic nitrogens is 1. The molecule has 0 aliphatic heterocycles. The predicted octanol–water partition coefficient (Wildman–Crippen LogP) is 2.58. The maximum Gasteiger partial charge on any atom is 0.335 e. The maximum absolute atomic E-state index is 11.0. The summed E-state index contributed by atoms with van der Waals surface area (Å²) in [6, 6.07) is 3.30. The predicted molar refractivity (Wildman–Crippen MR) is 68.8 cm³/mol. The van der Waals surface area contributed by atoms with Gasteiger partial charge in [-0.1, -0.05) is 13.8 Å². The summed E-state index contributed by atoms with van der Waals surface area (Å²) in [5.41, 5.74) is 1.15. The van der Waals surface area contributed by atoms with Crippen molar-refractivity contribution >= 4 is 11.8 Å². The van der Waals surface area contributed by atoms with E-state index in [2.05, 4.69) is 23.7 Å². The first-order valence-electron chi connectivity index (χ1n) is 6.11. The van der Waals surface area contributed by atoms with Gasteiger partial charge in [0.25, 0.3) is 0 Å². The Hall–Kier alpha value is -1.58. The van der Waals surface area contributed by atoms with Gasteiger partial charge in [-0.05, 0) is 31.9 Å². The Morgan fingerprint density at radius 3 is 2.53 bits per heavy atom. The smallest absolute Gasteiger partial charge is 0.335 e. The van der Waals surface area contributed by atoms with E-state index < -0.39 is 5.97 Å². The Morgan fingerprint density at radius 2 is 2.06 bits per heavy atom. The molecule has 0 unspecified atom stereocenters. The molecular formula is C13H20N2O2. The lowest BCUT2D eigenvalue weighted by Crippen LogP contribution is -2.25. The number of carbonyl (C=O) groups is 1. The van der Waals surface area contributed by atoms with Gasteiger partial charge in [0.2, 0.25) is 0 Å². The van der Waals surface area contributed by atoms with Crippen molar-refractivity contribution in [2.24, 2.45) is 0 Å². The van der Waals surface area contributed by atoms with Gasteiger partial charge in [0.05, 0.1) is 5.56 Å². The topological polar surface area (TPSA) is 53.4 Å². The lowest BCUT2D eigenvalue weighted by molar-refractivity contribution is 0.0696. The highest BCUT2D eigenvalue weighted by Crippen LogP contribution is 2.16. The first-order valence-corrected chi connectivity index (χ1v) is 6.11. The second-order valence-electron chi connectivity index (χ2n) is 3.94. The van der Waals surface area contributed by atoms with Crippen molar-refractivity contribution in [2.75, 3.05) is 18.0 Å². The van der Waals surface area contributed by atoms with Crippen LogP contribution in [-0.4, -0.2) is 29.1 Å². The summed E-state index contributed by atoms with van der Waals surface area (Å²) in [6.07, 6.45) is 1.77. The highest BCUT2D eigenvalue weighted by Gasteiger charge is 2.11. The van der Waals surface area contributed by atoms with Gasteiger partial charge in [-0.3, -0.25) is 0 Å². The van der Waals surface area contributed by atoms with Crippen molar-refractivity contribution in [3.05, 3.63) is 23.4 Å². The molecule has 0 aliphatic carbocycles. The zero-order chi connectivity index (χ0) is 12.8. The Morgan fingerprint density at radius 1 is 1.35 bits per heavy atom. The van der Waals surface area contributed by atoms with Crippen molar-refractivity contribution in [3.8, 4) is 0 Å². The molecular weight excluding hydrogens is 216 g/mol. The van der Waals surface area contributed by atoms with Crippen molar-refractivity contribution in [1.29, 1.82) is 0 Å². The standard InChI is InChI=1S/C13H20N2O2/c1-4-7-15(6-3)12-9-10(13(16)17)8-11(5-2)14-12/h8-9H,4-7H2,1-3H3,(H,16,17). The van der Waals surface area contributed by atoms with E-state index in [0.29, 0.717) is 5.56 Å². The molecule has 1 N–H and O–H groups in total. The third kappa shape index (κ3) is 3.44. The Kier molecular flexibility index (Phi) is 4.94. The molecule has 0 atom stereocenters. The number of nitrogens with zero attached hydrogens (tertiary/aromatic N) is 2. The van der Waals surface area contributed by atoms with Gasteiger partial charge >= 0.3 is 5.97 Å². The van der Waals surface area contributed by atoms with Gasteiger partial charge in [0, 0.05) is 18.8 Å². The number of anilines is 1. The molecule has 1 heterocycles. The molecule has 0 spiro atoms. The number of carboxylic acids is 1. The highest BCUT2D eigenvalue weighted by molar-refractivity contribution is 5.88. The molecule has 0 amide bonds. The second-order valence-corrected chi connectivity index (χ2v) is 3.94. The molecule has 0 aliphatic rings. The van der Waals surface area contributed by atoms with Crippen LogP contribution >= 0.6 is 0 Å². The monoisotopic (exact) mass is 236 g/mol. The quantitative estimate of drug-likeness (QED) is 0.824. The third-order valence-electron chi connectivity index (χ3n) is 2.67. The zero-order valence-corrected chi connectivity index (χ0v) is 10.7. The van der Waals surface area contributed by atoms with Gasteiger partial charge in [0.1, 0.15) is 5.82 Å². The fourth-order valence-corrected chi connectivity index (χ4v) is 1.74. The fraction of sp³-hybridized carbons (Fsp3) is 0.538. The fourth-order valence-electron chi connectivity index (χ4n) is 1.74. The van der Waals surface area contributed by atoms with Crippen LogP contribution in [0.2, 0.25) is 0 Å². The first kappa shape index (κ1) is 13.5.